The molecule has 0 spiro atoms. The molecule has 1 atom stereocenters. The molecule has 2 aromatic carbocycles. The van der Waals surface area contributed by atoms with Gasteiger partial charge in [0.15, 0.2) is 16.3 Å². The number of fused-ring (bicyclic) bond motifs is 2. The third-order valence-electron chi connectivity index (χ3n) is 7.42. The Kier molecular flexibility index (Phi) is 7.96. The first-order valence-electron chi connectivity index (χ1n) is 14.2. The van der Waals surface area contributed by atoms with E-state index in [1.54, 1.807) is 54.0 Å². The summed E-state index contributed by atoms with van der Waals surface area (Å²) in [5, 5.41) is 0. The van der Waals surface area contributed by atoms with E-state index in [-0.39, 0.29) is 19.0 Å². The lowest BCUT2D eigenvalue weighted by atomic mass is 9.94. The number of carbonyl (C=O) groups is 2. The van der Waals surface area contributed by atoms with Gasteiger partial charge in [0.2, 0.25) is 6.79 Å². The normalized spacial score (nSPS) is 15.6. The fourth-order valence-electron chi connectivity index (χ4n) is 5.41. The fraction of sp³-hybridized carbons (Fsp3) is 0.273. The molecule has 2 aliphatic heterocycles. The minimum absolute atomic E-state index is 0.100. The Balaban J connectivity index is 1.46. The number of hydrogen-bond donors (Lipinski definition) is 0. The molecule has 2 aliphatic rings. The first-order chi connectivity index (χ1) is 21.3. The summed E-state index contributed by atoms with van der Waals surface area (Å²) in [5.74, 6) is 1.27. The molecule has 0 amide bonds. The number of aromatic nitrogens is 1. The molecule has 2 aromatic heterocycles. The highest BCUT2D eigenvalue weighted by Crippen LogP contribution is 2.39. The van der Waals surface area contributed by atoms with Crippen LogP contribution in [0.1, 0.15) is 60.0 Å². The molecule has 0 bridgehead atoms. The van der Waals surface area contributed by atoms with Crippen molar-refractivity contribution in [1.82, 2.24) is 4.57 Å². The molecule has 0 unspecified atom stereocenters. The highest BCUT2D eigenvalue weighted by Gasteiger charge is 2.35. The van der Waals surface area contributed by atoms with Crippen molar-refractivity contribution in [3.05, 3.63) is 102 Å². The van der Waals surface area contributed by atoms with Crippen molar-refractivity contribution < 1.29 is 33.0 Å². The van der Waals surface area contributed by atoms with E-state index in [1.165, 1.54) is 18.4 Å². The summed E-state index contributed by atoms with van der Waals surface area (Å²) < 4.78 is 29.5. The maximum Gasteiger partial charge on any atom is 0.338 e. The molecule has 0 fully saturated rings. The van der Waals surface area contributed by atoms with E-state index in [4.69, 9.17) is 28.4 Å². The third-order valence-corrected chi connectivity index (χ3v) is 8.40. The lowest BCUT2D eigenvalue weighted by molar-refractivity contribution is -0.139. The Bertz CT molecular complexity index is 2000. The number of allylic oxidation sites excluding steroid dienone is 1. The van der Waals surface area contributed by atoms with Gasteiger partial charge in [-0.05, 0) is 67.8 Å². The van der Waals surface area contributed by atoms with Crippen molar-refractivity contribution in [2.75, 3.05) is 20.5 Å². The average molecular weight is 615 g/mol. The van der Waals surface area contributed by atoms with Crippen molar-refractivity contribution >= 4 is 29.4 Å². The van der Waals surface area contributed by atoms with Gasteiger partial charge in [0.05, 0.1) is 41.1 Å². The number of esters is 2. The van der Waals surface area contributed by atoms with Gasteiger partial charge >= 0.3 is 11.9 Å². The predicted octanol–water partition coefficient (Wildman–Crippen LogP) is 4.66. The van der Waals surface area contributed by atoms with Gasteiger partial charge in [-0.1, -0.05) is 36.8 Å². The highest BCUT2D eigenvalue weighted by molar-refractivity contribution is 7.07. The largest absolute Gasteiger partial charge is 0.465 e. The van der Waals surface area contributed by atoms with E-state index < -0.39 is 18.0 Å². The van der Waals surface area contributed by atoms with Crippen molar-refractivity contribution in [1.29, 1.82) is 0 Å². The van der Waals surface area contributed by atoms with Crippen LogP contribution in [0, 0.1) is 6.92 Å². The van der Waals surface area contributed by atoms with Crippen LogP contribution in [0.2, 0.25) is 0 Å². The van der Waals surface area contributed by atoms with Gasteiger partial charge in [0, 0.05) is 11.6 Å². The van der Waals surface area contributed by atoms with Crippen LogP contribution in [0.25, 0.3) is 17.4 Å². The van der Waals surface area contributed by atoms with Crippen molar-refractivity contribution in [3.63, 3.8) is 0 Å². The van der Waals surface area contributed by atoms with Gasteiger partial charge in [-0.15, -0.1) is 0 Å². The molecular weight excluding hydrogens is 584 g/mol. The number of furan rings is 1. The van der Waals surface area contributed by atoms with Crippen LogP contribution in [0.5, 0.6) is 11.5 Å². The van der Waals surface area contributed by atoms with Crippen LogP contribution < -0.4 is 24.4 Å². The van der Waals surface area contributed by atoms with Crippen LogP contribution in [0.15, 0.2) is 74.0 Å². The van der Waals surface area contributed by atoms with Crippen LogP contribution in [-0.4, -0.2) is 37.0 Å². The fourth-order valence-corrected chi connectivity index (χ4v) is 6.41. The van der Waals surface area contributed by atoms with E-state index in [0.29, 0.717) is 61.2 Å². The lowest BCUT2D eigenvalue weighted by Crippen LogP contribution is -2.40. The Labute approximate surface area is 256 Å². The zero-order valence-electron chi connectivity index (χ0n) is 24.7. The summed E-state index contributed by atoms with van der Waals surface area (Å²) in [4.78, 5) is 44.6. The Hall–Kier alpha value is -4.90. The van der Waals surface area contributed by atoms with E-state index in [1.807, 2.05) is 26.0 Å². The van der Waals surface area contributed by atoms with E-state index in [2.05, 4.69) is 0 Å². The number of nitrogens with zero attached hydrogens (tertiary/aromatic N) is 2. The summed E-state index contributed by atoms with van der Waals surface area (Å²) in [6, 6.07) is 13.5. The minimum Gasteiger partial charge on any atom is -0.465 e. The molecule has 11 heteroatoms. The number of rotatable bonds is 8. The second-order valence-corrected chi connectivity index (χ2v) is 11.3. The molecule has 10 nitrogen and oxygen atoms in total. The number of methoxy groups -OCH3 is 1. The number of hydrogen-bond acceptors (Lipinski definition) is 10. The van der Waals surface area contributed by atoms with Gasteiger partial charge in [-0.3, -0.25) is 9.36 Å². The molecule has 0 aliphatic carbocycles. The van der Waals surface area contributed by atoms with Gasteiger partial charge in [0.1, 0.15) is 11.5 Å². The number of benzene rings is 2. The minimum atomic E-state index is -0.772. The van der Waals surface area contributed by atoms with Crippen LogP contribution >= 0.6 is 11.3 Å². The number of carbonyl (C=O) groups excluding carboxylic acids is 2. The summed E-state index contributed by atoms with van der Waals surface area (Å²) in [6.07, 6.45) is 2.96. The zero-order valence-corrected chi connectivity index (χ0v) is 25.5. The summed E-state index contributed by atoms with van der Waals surface area (Å²) in [5.41, 5.74) is 3.38. The maximum atomic E-state index is 14.1. The Morgan fingerprint density at radius 1 is 1.07 bits per heavy atom. The van der Waals surface area contributed by atoms with Gasteiger partial charge in [0.25, 0.3) is 5.56 Å². The second kappa shape index (κ2) is 12.0. The monoisotopic (exact) mass is 614 g/mol. The molecular formula is C33H30N2O8S. The van der Waals surface area contributed by atoms with E-state index in [0.717, 1.165) is 17.5 Å². The highest BCUT2D eigenvalue weighted by atomic mass is 32.1. The van der Waals surface area contributed by atoms with Crippen molar-refractivity contribution in [2.45, 2.75) is 39.7 Å². The number of thiazole rings is 1. The van der Waals surface area contributed by atoms with Crippen molar-refractivity contribution in [2.24, 2.45) is 4.99 Å². The summed E-state index contributed by atoms with van der Waals surface area (Å²) in [6.45, 7) is 5.92. The quantitative estimate of drug-likeness (QED) is 0.263. The van der Waals surface area contributed by atoms with Crippen LogP contribution in [0.4, 0.5) is 0 Å². The molecule has 0 saturated carbocycles. The molecule has 44 heavy (non-hydrogen) atoms. The molecule has 4 aromatic rings. The average Bonchev–Trinajstić information content (AvgIpc) is 3.75. The Morgan fingerprint density at radius 3 is 2.64 bits per heavy atom. The SMILES string of the molecule is CCCC1=C(C(=O)OCC)[C@@H](c2ccc3c(c2)OCO3)n2c(s/c(=C/c3ccc(-c4ccc(C(=O)OC)cc4C)o3)c2=O)=N1. The lowest BCUT2D eigenvalue weighted by Gasteiger charge is -2.25. The van der Waals surface area contributed by atoms with Crippen LogP contribution in [-0.2, 0) is 14.3 Å². The maximum absolute atomic E-state index is 14.1. The third kappa shape index (κ3) is 5.24. The van der Waals surface area contributed by atoms with E-state index in [9.17, 15) is 14.4 Å². The van der Waals surface area contributed by atoms with Crippen molar-refractivity contribution in [3.8, 4) is 22.8 Å². The summed E-state index contributed by atoms with van der Waals surface area (Å²) in [7, 11) is 1.34. The van der Waals surface area contributed by atoms with E-state index >= 15 is 0 Å². The van der Waals surface area contributed by atoms with Gasteiger partial charge in [-0.25, -0.2) is 14.6 Å². The topological polar surface area (TPSA) is 119 Å². The zero-order chi connectivity index (χ0) is 31.0. The number of aryl methyl sites for hydroxylation is 1. The number of ether oxygens (including phenoxy) is 4. The first kappa shape index (κ1) is 29.2. The molecule has 0 N–H and O–H groups in total. The van der Waals surface area contributed by atoms with Gasteiger partial charge < -0.3 is 23.4 Å². The molecule has 226 valence electrons. The van der Waals surface area contributed by atoms with Crippen LogP contribution in [0.3, 0.4) is 0 Å². The molecule has 0 radical (unpaired) electrons. The summed E-state index contributed by atoms with van der Waals surface area (Å²) >= 11 is 1.23. The first-order valence-corrected chi connectivity index (χ1v) is 15.0. The standard InChI is InChI=1S/C33H30N2O8S/c1-5-7-23-28(32(38)40-6-2)29(19-9-12-25-26(15-19)42-17-41-25)35-30(36)27(44-33(35)34-23)16-21-10-13-24(43-21)22-11-8-20(14-18(22)3)31(37)39-4/h8-16,29H,5-7,17H2,1-4H3/b27-16+/t29-/m1/s1. The predicted molar refractivity (Wildman–Crippen MR) is 162 cm³/mol. The smallest absolute Gasteiger partial charge is 0.338 e. The van der Waals surface area contributed by atoms with Gasteiger partial charge in [-0.2, -0.15) is 0 Å². The molecule has 0 saturated heterocycles. The second-order valence-electron chi connectivity index (χ2n) is 10.2. The molecule has 6 rings (SSSR count). The molecule has 4 heterocycles. The Morgan fingerprint density at radius 2 is 1.89 bits per heavy atom.